The molecule has 0 aliphatic rings. The number of carboxylic acid groups (broad SMARTS) is 1. The van der Waals surface area contributed by atoms with Crippen LogP contribution < -0.4 is 9.21 Å². The summed E-state index contributed by atoms with van der Waals surface area (Å²) in [5, 5.41) is 10.6. The summed E-state index contributed by atoms with van der Waals surface area (Å²) in [6, 6.07) is 11.8. The number of fused-ring (bicyclic) bond motifs is 1. The van der Waals surface area contributed by atoms with Gasteiger partial charge in [0, 0.05) is 43.5 Å². The molecule has 0 saturated carbocycles. The Morgan fingerprint density at radius 3 is 1.77 bits per heavy atom. The van der Waals surface area contributed by atoms with Crippen LogP contribution in [0, 0.1) is 0 Å². The van der Waals surface area contributed by atoms with Crippen molar-refractivity contribution in [1.82, 2.24) is 0 Å². The summed E-state index contributed by atoms with van der Waals surface area (Å²) in [6.45, 7) is 0.499. The Labute approximate surface area is 187 Å². The molecule has 2 rings (SSSR count). The first-order valence-electron chi connectivity index (χ1n) is 11.2. The maximum Gasteiger partial charge on any atom is 0.303 e. The molecule has 6 nitrogen and oxygen atoms in total. The van der Waals surface area contributed by atoms with E-state index < -0.39 is 16.9 Å². The Bertz CT molecular complexity index is 904. The van der Waals surface area contributed by atoms with Gasteiger partial charge < -0.3 is 10.0 Å². The maximum absolute atomic E-state index is 12.0. The van der Waals surface area contributed by atoms with Crippen LogP contribution in [0.3, 0.4) is 0 Å². The molecule has 0 spiro atoms. The van der Waals surface area contributed by atoms with E-state index in [1.54, 1.807) is 0 Å². The first-order valence-corrected chi connectivity index (χ1v) is 12.4. The number of carbonyl (C=O) groups is 1. The van der Waals surface area contributed by atoms with Gasteiger partial charge in [-0.3, -0.25) is 9.10 Å². The summed E-state index contributed by atoms with van der Waals surface area (Å²) in [7, 11) is 1.28. The number of anilines is 2. The average molecular weight is 449 g/mol. The number of hydrogen-bond acceptors (Lipinski definition) is 4. The van der Waals surface area contributed by atoms with Crippen LogP contribution in [-0.4, -0.2) is 40.1 Å². The lowest BCUT2D eigenvalue weighted by Crippen LogP contribution is -2.22. The molecule has 0 bridgehead atoms. The third-order valence-electron chi connectivity index (χ3n) is 5.59. The van der Waals surface area contributed by atoms with E-state index in [2.05, 4.69) is 0 Å². The summed E-state index contributed by atoms with van der Waals surface area (Å²) in [5.74, 6) is -0.712. The minimum Gasteiger partial charge on any atom is -0.481 e. The van der Waals surface area contributed by atoms with Crippen molar-refractivity contribution in [2.45, 2.75) is 64.2 Å². The smallest absolute Gasteiger partial charge is 0.303 e. The number of rotatable bonds is 15. The Morgan fingerprint density at radius 2 is 1.26 bits per heavy atom. The molecule has 0 amide bonds. The number of carboxylic acids is 1. The standard InChI is InChI=1S/C24H36N2O4S/c1-25(2)22-16-12-15-21-20(22)14-13-17-23(21)26(31(29)30)19-11-9-7-5-3-4-6-8-10-18-24(27)28/h12-17,31H,3-11,18-19H2,1-2H3,(H,27,28). The van der Waals surface area contributed by atoms with Crippen LogP contribution in [0.5, 0.6) is 0 Å². The van der Waals surface area contributed by atoms with Crippen molar-refractivity contribution in [3.63, 3.8) is 0 Å². The van der Waals surface area contributed by atoms with E-state index in [1.807, 2.05) is 55.4 Å². The van der Waals surface area contributed by atoms with Gasteiger partial charge in [-0.15, -0.1) is 0 Å². The zero-order chi connectivity index (χ0) is 22.6. The fourth-order valence-corrected chi connectivity index (χ4v) is 4.61. The van der Waals surface area contributed by atoms with E-state index in [-0.39, 0.29) is 6.42 Å². The first-order chi connectivity index (χ1) is 14.9. The summed E-state index contributed by atoms with van der Waals surface area (Å²) >= 11 is 0. The third kappa shape index (κ3) is 8.05. The normalized spacial score (nSPS) is 11.2. The highest BCUT2D eigenvalue weighted by molar-refractivity contribution is 7.74. The number of unbranched alkanes of at least 4 members (excludes halogenated alkanes) is 8. The van der Waals surface area contributed by atoms with Crippen LogP contribution in [0.15, 0.2) is 36.4 Å². The van der Waals surface area contributed by atoms with Crippen LogP contribution in [0.1, 0.15) is 64.2 Å². The summed E-state index contributed by atoms with van der Waals surface area (Å²) in [4.78, 5) is 12.5. The molecule has 31 heavy (non-hydrogen) atoms. The lowest BCUT2D eigenvalue weighted by atomic mass is 10.1. The molecule has 0 radical (unpaired) electrons. The number of benzene rings is 2. The van der Waals surface area contributed by atoms with Gasteiger partial charge in [0.25, 0.3) is 0 Å². The second-order valence-corrected chi connectivity index (χ2v) is 9.19. The van der Waals surface area contributed by atoms with E-state index in [1.165, 1.54) is 4.31 Å². The predicted octanol–water partition coefficient (Wildman–Crippen LogP) is 5.22. The van der Waals surface area contributed by atoms with Crippen molar-refractivity contribution in [3.8, 4) is 0 Å². The fourth-order valence-electron chi connectivity index (χ4n) is 3.96. The van der Waals surface area contributed by atoms with Gasteiger partial charge in [-0.25, -0.2) is 8.42 Å². The van der Waals surface area contributed by atoms with Crippen molar-refractivity contribution >= 4 is 39.0 Å². The first kappa shape index (κ1) is 25.0. The number of nitrogens with zero attached hydrogens (tertiary/aromatic N) is 2. The van der Waals surface area contributed by atoms with E-state index in [9.17, 15) is 13.2 Å². The lowest BCUT2D eigenvalue weighted by Gasteiger charge is -2.22. The molecule has 1 N–H and O–H groups in total. The van der Waals surface area contributed by atoms with Crippen LogP contribution in [0.25, 0.3) is 10.8 Å². The van der Waals surface area contributed by atoms with Gasteiger partial charge in [0.05, 0.1) is 5.69 Å². The summed E-state index contributed by atoms with van der Waals surface area (Å²) in [5.41, 5.74) is 1.82. The number of hydrogen-bond donors (Lipinski definition) is 2. The molecule has 0 aliphatic heterocycles. The molecule has 2 aromatic rings. The van der Waals surface area contributed by atoms with Crippen molar-refractivity contribution in [3.05, 3.63) is 36.4 Å². The largest absolute Gasteiger partial charge is 0.481 e. The van der Waals surface area contributed by atoms with Gasteiger partial charge in [-0.1, -0.05) is 69.2 Å². The predicted molar refractivity (Wildman–Crippen MR) is 130 cm³/mol. The zero-order valence-electron chi connectivity index (χ0n) is 18.8. The topological polar surface area (TPSA) is 77.9 Å². The molecule has 0 aromatic heterocycles. The highest BCUT2D eigenvalue weighted by atomic mass is 32.2. The van der Waals surface area contributed by atoms with Gasteiger partial charge in [0.1, 0.15) is 0 Å². The molecule has 0 atom stereocenters. The summed E-state index contributed by atoms with van der Waals surface area (Å²) < 4.78 is 25.5. The Hall–Kier alpha value is -2.28. The van der Waals surface area contributed by atoms with E-state index in [4.69, 9.17) is 5.11 Å². The molecule has 0 heterocycles. The molecule has 172 valence electrons. The fraction of sp³-hybridized carbons (Fsp3) is 0.542. The SMILES string of the molecule is CN(C)c1cccc2c(N(CCCCCCCCCCCC(=O)O)[SH](=O)=O)cccc12. The minimum atomic E-state index is -2.70. The molecule has 0 fully saturated rings. The second-order valence-electron chi connectivity index (χ2n) is 8.23. The molecule has 7 heteroatoms. The van der Waals surface area contributed by atoms with Gasteiger partial charge in [-0.2, -0.15) is 0 Å². The van der Waals surface area contributed by atoms with E-state index in [0.717, 1.165) is 79.9 Å². The summed E-state index contributed by atoms with van der Waals surface area (Å²) in [6.07, 6.45) is 9.49. The van der Waals surface area contributed by atoms with Crippen molar-refractivity contribution in [1.29, 1.82) is 0 Å². The van der Waals surface area contributed by atoms with Crippen molar-refractivity contribution in [2.24, 2.45) is 0 Å². The van der Waals surface area contributed by atoms with Crippen LogP contribution >= 0.6 is 0 Å². The second kappa shape index (κ2) is 13.2. The molecule has 0 aliphatic carbocycles. The molecular weight excluding hydrogens is 412 g/mol. The Kier molecular flexibility index (Phi) is 10.6. The van der Waals surface area contributed by atoms with Gasteiger partial charge in [0.2, 0.25) is 10.9 Å². The highest BCUT2D eigenvalue weighted by Crippen LogP contribution is 2.33. The van der Waals surface area contributed by atoms with Gasteiger partial charge >= 0.3 is 5.97 Å². The maximum atomic E-state index is 12.0. The third-order valence-corrected chi connectivity index (χ3v) is 6.40. The van der Waals surface area contributed by atoms with Crippen LogP contribution in [0.2, 0.25) is 0 Å². The van der Waals surface area contributed by atoms with E-state index >= 15 is 0 Å². The average Bonchev–Trinajstić information content (AvgIpc) is 2.73. The van der Waals surface area contributed by atoms with Crippen molar-refractivity contribution in [2.75, 3.05) is 29.8 Å². The molecular formula is C24H36N2O4S. The number of thiol groups is 1. The van der Waals surface area contributed by atoms with Gasteiger partial charge in [-0.05, 0) is 25.0 Å². The molecule has 0 saturated heterocycles. The monoisotopic (exact) mass is 448 g/mol. The van der Waals surface area contributed by atoms with E-state index in [0.29, 0.717) is 6.54 Å². The van der Waals surface area contributed by atoms with Crippen LogP contribution in [0.4, 0.5) is 11.4 Å². The van der Waals surface area contributed by atoms with Crippen LogP contribution in [-0.2, 0) is 15.7 Å². The Balaban J connectivity index is 1.82. The zero-order valence-corrected chi connectivity index (χ0v) is 19.7. The quantitative estimate of drug-likeness (QED) is 0.288. The number of aliphatic carboxylic acids is 1. The highest BCUT2D eigenvalue weighted by Gasteiger charge is 2.14. The molecule has 2 aromatic carbocycles. The van der Waals surface area contributed by atoms with Gasteiger partial charge in [0.15, 0.2) is 0 Å². The molecule has 0 unspecified atom stereocenters. The minimum absolute atomic E-state index is 0.269. The lowest BCUT2D eigenvalue weighted by molar-refractivity contribution is -0.137. The Morgan fingerprint density at radius 1 is 0.774 bits per heavy atom. The van der Waals surface area contributed by atoms with Crippen molar-refractivity contribution < 1.29 is 18.3 Å².